The Kier molecular flexibility index (Phi) is 5.33. The fourth-order valence-electron chi connectivity index (χ4n) is 3.39. The first-order chi connectivity index (χ1) is 11.2. The fraction of sp³-hybridized carbons (Fsp3) is 0.765. The molecule has 1 saturated heterocycles. The van der Waals surface area contributed by atoms with E-state index in [4.69, 9.17) is 0 Å². The highest BCUT2D eigenvalue weighted by Crippen LogP contribution is 2.15. The first kappa shape index (κ1) is 16.5. The van der Waals surface area contributed by atoms with E-state index in [0.717, 1.165) is 64.7 Å². The summed E-state index contributed by atoms with van der Waals surface area (Å²) >= 11 is 0. The Morgan fingerprint density at radius 2 is 1.83 bits per heavy atom. The molecule has 1 aromatic rings. The van der Waals surface area contributed by atoms with E-state index in [0.29, 0.717) is 5.69 Å². The van der Waals surface area contributed by atoms with Crippen molar-refractivity contribution in [3.8, 4) is 0 Å². The first-order valence-electron chi connectivity index (χ1n) is 9.01. The molecule has 1 aromatic heterocycles. The van der Waals surface area contributed by atoms with E-state index in [1.807, 2.05) is 11.1 Å². The highest BCUT2D eigenvalue weighted by molar-refractivity contribution is 5.92. The van der Waals surface area contributed by atoms with Gasteiger partial charge in [-0.1, -0.05) is 20.3 Å². The number of aromatic nitrogens is 2. The van der Waals surface area contributed by atoms with Crippen LogP contribution >= 0.6 is 0 Å². The number of unbranched alkanes of at least 4 members (excludes halogenated alkanes) is 1. The molecule has 6 nitrogen and oxygen atoms in total. The molecule has 23 heavy (non-hydrogen) atoms. The molecule has 0 aliphatic carbocycles. The number of hydrogen-bond donors (Lipinski definition) is 0. The van der Waals surface area contributed by atoms with Gasteiger partial charge in [-0.05, 0) is 19.5 Å². The topological polar surface area (TPSA) is 44.6 Å². The summed E-state index contributed by atoms with van der Waals surface area (Å²) < 4.78 is 2.15. The molecular formula is C17H29N5O. The van der Waals surface area contributed by atoms with Crippen molar-refractivity contribution in [2.24, 2.45) is 0 Å². The van der Waals surface area contributed by atoms with Crippen molar-refractivity contribution in [2.45, 2.75) is 39.8 Å². The van der Waals surface area contributed by atoms with Gasteiger partial charge in [-0.25, -0.2) is 4.98 Å². The van der Waals surface area contributed by atoms with Crippen molar-refractivity contribution in [2.75, 3.05) is 45.8 Å². The number of rotatable bonds is 5. The summed E-state index contributed by atoms with van der Waals surface area (Å²) in [7, 11) is 0. The van der Waals surface area contributed by atoms with Crippen LogP contribution in [0.15, 0.2) is 6.20 Å². The first-order valence-corrected chi connectivity index (χ1v) is 9.01. The maximum Gasteiger partial charge on any atom is 0.274 e. The van der Waals surface area contributed by atoms with Gasteiger partial charge in [0.05, 0.1) is 6.54 Å². The molecule has 6 heteroatoms. The van der Waals surface area contributed by atoms with E-state index in [9.17, 15) is 4.79 Å². The Morgan fingerprint density at radius 1 is 1.09 bits per heavy atom. The largest absolute Gasteiger partial charge is 0.335 e. The molecule has 128 valence electrons. The summed E-state index contributed by atoms with van der Waals surface area (Å²) in [5.41, 5.74) is 0.625. The zero-order valence-corrected chi connectivity index (χ0v) is 14.5. The van der Waals surface area contributed by atoms with Crippen LogP contribution in [-0.4, -0.2) is 76.0 Å². The second kappa shape index (κ2) is 7.45. The summed E-state index contributed by atoms with van der Waals surface area (Å²) in [6.07, 6.45) is 4.43. The fourth-order valence-corrected chi connectivity index (χ4v) is 3.39. The summed E-state index contributed by atoms with van der Waals surface area (Å²) in [4.78, 5) is 24.1. The van der Waals surface area contributed by atoms with Crippen molar-refractivity contribution >= 4 is 5.91 Å². The molecule has 3 heterocycles. The highest BCUT2D eigenvalue weighted by Gasteiger charge is 2.26. The lowest BCUT2D eigenvalue weighted by Gasteiger charge is -2.34. The molecular weight excluding hydrogens is 290 g/mol. The Bertz CT molecular complexity index is 533. The minimum atomic E-state index is 0.102. The Hall–Kier alpha value is -1.40. The molecule has 1 fully saturated rings. The minimum Gasteiger partial charge on any atom is -0.335 e. The summed E-state index contributed by atoms with van der Waals surface area (Å²) in [6.45, 7) is 13.1. The standard InChI is InChI=1S/C17H29N5O/c1-3-5-6-20-8-10-21(11-9-20)17(23)15-13-22-12-7-19(4-2)14-16(22)18-15/h13H,3-12,14H2,1-2H3. The second-order valence-electron chi connectivity index (χ2n) is 6.59. The van der Waals surface area contributed by atoms with Crippen LogP contribution in [-0.2, 0) is 13.1 Å². The van der Waals surface area contributed by atoms with E-state index < -0.39 is 0 Å². The molecule has 2 aliphatic heterocycles. The average Bonchev–Trinajstić information content (AvgIpc) is 3.02. The number of amides is 1. The van der Waals surface area contributed by atoms with Gasteiger partial charge < -0.3 is 9.47 Å². The number of fused-ring (bicyclic) bond motifs is 1. The van der Waals surface area contributed by atoms with Gasteiger partial charge in [-0.2, -0.15) is 0 Å². The van der Waals surface area contributed by atoms with E-state index in [2.05, 4.69) is 33.2 Å². The van der Waals surface area contributed by atoms with Gasteiger partial charge in [0.25, 0.3) is 5.91 Å². The molecule has 0 aromatic carbocycles. The zero-order chi connectivity index (χ0) is 16.2. The average molecular weight is 319 g/mol. The number of hydrogen-bond acceptors (Lipinski definition) is 4. The van der Waals surface area contributed by atoms with E-state index in [1.165, 1.54) is 12.8 Å². The Labute approximate surface area is 139 Å². The maximum atomic E-state index is 12.7. The third-order valence-electron chi connectivity index (χ3n) is 5.04. The lowest BCUT2D eigenvalue weighted by atomic mass is 10.2. The normalized spacial score (nSPS) is 19.8. The maximum absolute atomic E-state index is 12.7. The van der Waals surface area contributed by atoms with E-state index in [1.54, 1.807) is 0 Å². The number of likely N-dealkylation sites (N-methyl/N-ethyl adjacent to an activating group) is 1. The molecule has 0 bridgehead atoms. The number of carbonyl (C=O) groups excluding carboxylic acids is 1. The molecule has 0 saturated carbocycles. The monoisotopic (exact) mass is 319 g/mol. The number of carbonyl (C=O) groups is 1. The Balaban J connectivity index is 1.58. The predicted octanol–water partition coefficient (Wildman–Crippen LogP) is 1.28. The van der Waals surface area contributed by atoms with Gasteiger partial charge in [0.2, 0.25) is 0 Å². The molecule has 3 rings (SSSR count). The quantitative estimate of drug-likeness (QED) is 0.820. The number of nitrogens with zero attached hydrogens (tertiary/aromatic N) is 5. The van der Waals surface area contributed by atoms with Gasteiger partial charge in [0, 0.05) is 45.5 Å². The second-order valence-corrected chi connectivity index (χ2v) is 6.59. The van der Waals surface area contributed by atoms with Gasteiger partial charge in [0.15, 0.2) is 0 Å². The van der Waals surface area contributed by atoms with Crippen molar-refractivity contribution < 1.29 is 4.79 Å². The molecule has 0 unspecified atom stereocenters. The number of piperazine rings is 1. The van der Waals surface area contributed by atoms with Gasteiger partial charge >= 0.3 is 0 Å². The van der Waals surface area contributed by atoms with Crippen LogP contribution in [0, 0.1) is 0 Å². The molecule has 1 amide bonds. The summed E-state index contributed by atoms with van der Waals surface area (Å²) in [5, 5.41) is 0. The molecule has 0 N–H and O–H groups in total. The molecule has 0 spiro atoms. The van der Waals surface area contributed by atoms with Crippen LogP contribution in [0.5, 0.6) is 0 Å². The van der Waals surface area contributed by atoms with Crippen LogP contribution < -0.4 is 0 Å². The van der Waals surface area contributed by atoms with Crippen molar-refractivity contribution in [1.82, 2.24) is 24.3 Å². The summed E-state index contributed by atoms with van der Waals surface area (Å²) in [5.74, 6) is 1.13. The van der Waals surface area contributed by atoms with Crippen molar-refractivity contribution in [3.63, 3.8) is 0 Å². The number of imidazole rings is 1. The van der Waals surface area contributed by atoms with Crippen LogP contribution in [0.25, 0.3) is 0 Å². The van der Waals surface area contributed by atoms with Crippen molar-refractivity contribution in [3.05, 3.63) is 17.7 Å². The Morgan fingerprint density at radius 3 is 2.52 bits per heavy atom. The van der Waals surface area contributed by atoms with Crippen molar-refractivity contribution in [1.29, 1.82) is 0 Å². The van der Waals surface area contributed by atoms with E-state index in [-0.39, 0.29) is 5.91 Å². The molecule has 0 atom stereocenters. The third-order valence-corrected chi connectivity index (χ3v) is 5.04. The third kappa shape index (κ3) is 3.75. The van der Waals surface area contributed by atoms with Crippen LogP contribution in [0.2, 0.25) is 0 Å². The highest BCUT2D eigenvalue weighted by atomic mass is 16.2. The van der Waals surface area contributed by atoms with Gasteiger partial charge in [0.1, 0.15) is 11.5 Å². The minimum absolute atomic E-state index is 0.102. The summed E-state index contributed by atoms with van der Waals surface area (Å²) in [6, 6.07) is 0. The lowest BCUT2D eigenvalue weighted by Crippen LogP contribution is -2.48. The van der Waals surface area contributed by atoms with Crippen LogP contribution in [0.1, 0.15) is 43.0 Å². The molecule has 0 radical (unpaired) electrons. The SMILES string of the molecule is CCCCN1CCN(C(=O)c2cn3c(n2)CN(CC)CC3)CC1. The predicted molar refractivity (Wildman–Crippen MR) is 90.4 cm³/mol. The lowest BCUT2D eigenvalue weighted by molar-refractivity contribution is 0.0630. The van der Waals surface area contributed by atoms with Crippen LogP contribution in [0.3, 0.4) is 0 Å². The van der Waals surface area contributed by atoms with E-state index >= 15 is 0 Å². The van der Waals surface area contributed by atoms with Crippen LogP contribution in [0.4, 0.5) is 0 Å². The van der Waals surface area contributed by atoms with Gasteiger partial charge in [-0.3, -0.25) is 14.6 Å². The molecule has 2 aliphatic rings. The van der Waals surface area contributed by atoms with Gasteiger partial charge in [-0.15, -0.1) is 0 Å². The smallest absolute Gasteiger partial charge is 0.274 e. The zero-order valence-electron chi connectivity index (χ0n) is 14.5.